The van der Waals surface area contributed by atoms with Crippen molar-refractivity contribution in [3.8, 4) is 0 Å². The highest BCUT2D eigenvalue weighted by molar-refractivity contribution is 5.81. The molecule has 1 aromatic heterocycles. The number of hydrogen-bond acceptors (Lipinski definition) is 3. The predicted molar refractivity (Wildman–Crippen MR) is 66.6 cm³/mol. The Balaban J connectivity index is 1.93. The molecule has 0 unspecified atom stereocenters. The van der Waals surface area contributed by atoms with E-state index in [1.807, 2.05) is 30.3 Å². The Morgan fingerprint density at radius 2 is 2.24 bits per heavy atom. The van der Waals surface area contributed by atoms with Crippen LogP contribution < -0.4 is 11.1 Å². The third-order valence-electron chi connectivity index (χ3n) is 2.56. The number of hydrogen-bond donors (Lipinski definition) is 2. The van der Waals surface area contributed by atoms with Crippen molar-refractivity contribution in [2.24, 2.45) is 5.73 Å². The van der Waals surface area contributed by atoms with Crippen LogP contribution >= 0.6 is 0 Å². The topological polar surface area (TPSA) is 68.3 Å². The summed E-state index contributed by atoms with van der Waals surface area (Å²) in [5, 5.41) is 3.84. The van der Waals surface area contributed by atoms with E-state index >= 15 is 0 Å². The van der Waals surface area contributed by atoms with Crippen molar-refractivity contribution >= 4 is 16.9 Å². The molecule has 1 heterocycles. The minimum Gasteiger partial charge on any atom is -0.461 e. The van der Waals surface area contributed by atoms with Crippen LogP contribution in [0.15, 0.2) is 34.7 Å². The molecular weight excluding hydrogens is 216 g/mol. The van der Waals surface area contributed by atoms with E-state index in [4.69, 9.17) is 10.2 Å². The van der Waals surface area contributed by atoms with Crippen molar-refractivity contribution < 1.29 is 9.21 Å². The summed E-state index contributed by atoms with van der Waals surface area (Å²) in [5.41, 5.74) is 6.32. The first-order valence-corrected chi connectivity index (χ1v) is 5.67. The summed E-state index contributed by atoms with van der Waals surface area (Å²) in [6, 6.07) is 9.37. The summed E-state index contributed by atoms with van der Waals surface area (Å²) in [4.78, 5) is 11.2. The number of amides is 1. The van der Waals surface area contributed by atoms with Gasteiger partial charge in [0.1, 0.15) is 11.3 Å². The molecule has 1 atom stereocenters. The highest BCUT2D eigenvalue weighted by Crippen LogP contribution is 2.18. The maximum absolute atomic E-state index is 11.2. The summed E-state index contributed by atoms with van der Waals surface area (Å²) in [6.07, 6.45) is 0.674. The molecular formula is C13H16N2O2. The van der Waals surface area contributed by atoms with Crippen molar-refractivity contribution in [3.63, 3.8) is 0 Å². The van der Waals surface area contributed by atoms with Crippen LogP contribution in [-0.4, -0.2) is 18.5 Å². The molecule has 4 heteroatoms. The fourth-order valence-corrected chi connectivity index (χ4v) is 1.63. The van der Waals surface area contributed by atoms with Crippen molar-refractivity contribution in [2.45, 2.75) is 19.4 Å². The van der Waals surface area contributed by atoms with Gasteiger partial charge in [0.15, 0.2) is 0 Å². The van der Waals surface area contributed by atoms with Crippen molar-refractivity contribution in [1.82, 2.24) is 5.32 Å². The largest absolute Gasteiger partial charge is 0.461 e. The Labute approximate surface area is 99.8 Å². The van der Waals surface area contributed by atoms with Crippen LogP contribution in [0.2, 0.25) is 0 Å². The van der Waals surface area contributed by atoms with Crippen LogP contribution in [0.3, 0.4) is 0 Å². The quantitative estimate of drug-likeness (QED) is 0.838. The molecule has 1 aromatic carbocycles. The number of carbonyl (C=O) groups excluding carboxylic acids is 1. The lowest BCUT2D eigenvalue weighted by molar-refractivity contribution is -0.121. The van der Waals surface area contributed by atoms with E-state index in [9.17, 15) is 4.79 Å². The number of nitrogens with two attached hydrogens (primary N) is 1. The van der Waals surface area contributed by atoms with Gasteiger partial charge in [-0.25, -0.2) is 0 Å². The van der Waals surface area contributed by atoms with E-state index in [2.05, 4.69) is 5.32 Å². The van der Waals surface area contributed by atoms with Gasteiger partial charge in [-0.15, -0.1) is 0 Å². The van der Waals surface area contributed by atoms with E-state index in [-0.39, 0.29) is 5.91 Å². The second kappa shape index (κ2) is 5.01. The van der Waals surface area contributed by atoms with E-state index in [0.717, 1.165) is 16.7 Å². The van der Waals surface area contributed by atoms with Gasteiger partial charge in [0.25, 0.3) is 0 Å². The molecule has 1 amide bonds. The maximum Gasteiger partial charge on any atom is 0.236 e. The predicted octanol–water partition coefficient (Wildman–Crippen LogP) is 1.44. The Morgan fingerprint density at radius 1 is 1.47 bits per heavy atom. The summed E-state index contributed by atoms with van der Waals surface area (Å²) < 4.78 is 5.63. The number of para-hydroxylation sites is 1. The Morgan fingerprint density at radius 3 is 2.94 bits per heavy atom. The number of nitrogens with one attached hydrogen (secondary N) is 1. The molecule has 0 radical (unpaired) electrons. The van der Waals surface area contributed by atoms with Gasteiger partial charge in [-0.05, 0) is 19.1 Å². The molecule has 2 aromatic rings. The lowest BCUT2D eigenvalue weighted by Crippen LogP contribution is -2.39. The van der Waals surface area contributed by atoms with E-state index < -0.39 is 6.04 Å². The molecule has 0 fully saturated rings. The van der Waals surface area contributed by atoms with E-state index in [1.54, 1.807) is 6.92 Å². The van der Waals surface area contributed by atoms with Crippen LogP contribution in [-0.2, 0) is 11.2 Å². The first-order chi connectivity index (χ1) is 8.16. The molecule has 0 aliphatic rings. The number of benzene rings is 1. The van der Waals surface area contributed by atoms with Crippen LogP contribution in [0, 0.1) is 0 Å². The minimum absolute atomic E-state index is 0.138. The zero-order chi connectivity index (χ0) is 12.3. The van der Waals surface area contributed by atoms with Gasteiger partial charge in [-0.1, -0.05) is 18.2 Å². The SMILES string of the molecule is C[C@@H](N)C(=O)NCCc1cc2ccccc2o1. The third kappa shape index (κ3) is 2.85. The maximum atomic E-state index is 11.2. The van der Waals surface area contributed by atoms with Gasteiger partial charge in [-0.2, -0.15) is 0 Å². The molecule has 4 nitrogen and oxygen atoms in total. The fraction of sp³-hybridized carbons (Fsp3) is 0.308. The normalized spacial score (nSPS) is 12.6. The smallest absolute Gasteiger partial charge is 0.236 e. The van der Waals surface area contributed by atoms with Crippen LogP contribution in [0.1, 0.15) is 12.7 Å². The number of rotatable bonds is 4. The summed E-state index contributed by atoms with van der Waals surface area (Å²) in [7, 11) is 0. The first kappa shape index (κ1) is 11.7. The van der Waals surface area contributed by atoms with E-state index in [0.29, 0.717) is 13.0 Å². The molecule has 0 saturated carbocycles. The molecule has 90 valence electrons. The first-order valence-electron chi connectivity index (χ1n) is 5.67. The second-order valence-corrected chi connectivity index (χ2v) is 4.08. The molecule has 2 rings (SSSR count). The number of fused-ring (bicyclic) bond motifs is 1. The van der Waals surface area contributed by atoms with Crippen molar-refractivity contribution in [3.05, 3.63) is 36.1 Å². The average Bonchev–Trinajstić information content (AvgIpc) is 2.71. The molecule has 0 spiro atoms. The van der Waals surface area contributed by atoms with Crippen LogP contribution in [0.5, 0.6) is 0 Å². The highest BCUT2D eigenvalue weighted by Gasteiger charge is 2.07. The third-order valence-corrected chi connectivity index (χ3v) is 2.56. The van der Waals surface area contributed by atoms with Gasteiger partial charge in [0.2, 0.25) is 5.91 Å². The van der Waals surface area contributed by atoms with Crippen molar-refractivity contribution in [2.75, 3.05) is 6.54 Å². The van der Waals surface area contributed by atoms with Gasteiger partial charge in [-0.3, -0.25) is 4.79 Å². The van der Waals surface area contributed by atoms with Gasteiger partial charge in [0.05, 0.1) is 6.04 Å². The standard InChI is InChI=1S/C13H16N2O2/c1-9(14)13(16)15-7-6-11-8-10-4-2-3-5-12(10)17-11/h2-5,8-9H,6-7,14H2,1H3,(H,15,16)/t9-/m1/s1. The molecule has 0 saturated heterocycles. The number of carbonyl (C=O) groups is 1. The Hall–Kier alpha value is -1.81. The second-order valence-electron chi connectivity index (χ2n) is 4.08. The van der Waals surface area contributed by atoms with E-state index in [1.165, 1.54) is 0 Å². The lowest BCUT2D eigenvalue weighted by atomic mass is 10.2. The van der Waals surface area contributed by atoms with Crippen LogP contribution in [0.4, 0.5) is 0 Å². The van der Waals surface area contributed by atoms with Crippen molar-refractivity contribution in [1.29, 1.82) is 0 Å². The fourth-order valence-electron chi connectivity index (χ4n) is 1.63. The Bertz CT molecular complexity index is 484. The lowest BCUT2D eigenvalue weighted by Gasteiger charge is -2.05. The average molecular weight is 232 g/mol. The molecule has 17 heavy (non-hydrogen) atoms. The highest BCUT2D eigenvalue weighted by atomic mass is 16.3. The molecule has 0 bridgehead atoms. The Kier molecular flexibility index (Phi) is 3.44. The summed E-state index contributed by atoms with van der Waals surface area (Å²) >= 11 is 0. The molecule has 0 aliphatic heterocycles. The monoisotopic (exact) mass is 232 g/mol. The summed E-state index contributed by atoms with van der Waals surface area (Å²) in [6.45, 7) is 2.21. The van der Waals surface area contributed by atoms with Gasteiger partial charge >= 0.3 is 0 Å². The number of furan rings is 1. The molecule has 3 N–H and O–H groups in total. The zero-order valence-electron chi connectivity index (χ0n) is 9.77. The van der Waals surface area contributed by atoms with Gasteiger partial charge in [0, 0.05) is 18.4 Å². The minimum atomic E-state index is -0.467. The molecule has 0 aliphatic carbocycles. The van der Waals surface area contributed by atoms with Crippen LogP contribution in [0.25, 0.3) is 11.0 Å². The zero-order valence-corrected chi connectivity index (χ0v) is 9.77. The van der Waals surface area contributed by atoms with Gasteiger partial charge < -0.3 is 15.5 Å². The summed E-state index contributed by atoms with van der Waals surface area (Å²) in [5.74, 6) is 0.734.